The average Bonchev–Trinajstić information content (AvgIpc) is 2.95. The van der Waals surface area contributed by atoms with Crippen molar-refractivity contribution >= 4 is 23.3 Å². The van der Waals surface area contributed by atoms with Gasteiger partial charge in [0.2, 0.25) is 0 Å². The molecule has 0 unspecified atom stereocenters. The molecule has 216 valence electrons. The summed E-state index contributed by atoms with van der Waals surface area (Å²) >= 11 is 0. The quantitative estimate of drug-likeness (QED) is 0.113. The van der Waals surface area contributed by atoms with Crippen LogP contribution in [0.1, 0.15) is 147 Å². The molecule has 0 aliphatic carbocycles. The molecule has 0 saturated carbocycles. The van der Waals surface area contributed by atoms with E-state index in [0.29, 0.717) is 0 Å². The van der Waals surface area contributed by atoms with Gasteiger partial charge in [-0.15, -0.1) is 0 Å². The number of benzene rings is 2. The number of hydrogen-bond acceptors (Lipinski definition) is 2. The number of hydrogen-bond donors (Lipinski definition) is 0. The summed E-state index contributed by atoms with van der Waals surface area (Å²) in [4.78, 5) is 9.79. The van der Waals surface area contributed by atoms with Gasteiger partial charge >= 0.3 is 0 Å². The first-order valence-electron chi connectivity index (χ1n) is 16.4. The van der Waals surface area contributed by atoms with Crippen LogP contribution < -0.4 is 0 Å². The lowest BCUT2D eigenvalue weighted by molar-refractivity contribution is 0.604. The first kappa shape index (κ1) is 33.0. The monoisotopic (exact) mass is 530 g/mol. The Bertz CT molecular complexity index is 985. The normalized spacial score (nSPS) is 12.1. The van der Waals surface area contributed by atoms with Crippen LogP contribution in [-0.2, 0) is 25.7 Å². The predicted molar refractivity (Wildman–Crippen MR) is 176 cm³/mol. The fourth-order valence-corrected chi connectivity index (χ4v) is 5.48. The molecular formula is C37H58N2. The highest BCUT2D eigenvalue weighted by atomic mass is 14.8. The first-order chi connectivity index (χ1) is 19.1. The maximum atomic E-state index is 5.02. The molecule has 0 radical (unpaired) electrons. The van der Waals surface area contributed by atoms with E-state index >= 15 is 0 Å². The summed E-state index contributed by atoms with van der Waals surface area (Å²) in [5.74, 6) is 0. The number of unbranched alkanes of at least 4 members (excludes halogenated alkanes) is 11. The summed E-state index contributed by atoms with van der Waals surface area (Å²) in [6.07, 6.45) is 25.1. The molecule has 0 bridgehead atoms. The van der Waals surface area contributed by atoms with Crippen molar-refractivity contribution in [2.45, 2.75) is 150 Å². The molecule has 0 heterocycles. The molecule has 0 atom stereocenters. The van der Waals surface area contributed by atoms with Crippen molar-refractivity contribution in [3.63, 3.8) is 0 Å². The van der Waals surface area contributed by atoms with Gasteiger partial charge in [0.05, 0.1) is 17.1 Å². The summed E-state index contributed by atoms with van der Waals surface area (Å²) in [6, 6.07) is 13.4. The molecule has 0 N–H and O–H groups in total. The molecule has 0 amide bonds. The van der Waals surface area contributed by atoms with E-state index in [0.717, 1.165) is 29.9 Å². The topological polar surface area (TPSA) is 24.7 Å². The minimum atomic E-state index is 0.964. The third-order valence-electron chi connectivity index (χ3n) is 7.82. The summed E-state index contributed by atoms with van der Waals surface area (Å²) in [5, 5.41) is 0. The maximum absolute atomic E-state index is 5.02. The van der Waals surface area contributed by atoms with Crippen molar-refractivity contribution in [3.05, 3.63) is 58.7 Å². The number of rotatable bonds is 21. The molecule has 39 heavy (non-hydrogen) atoms. The fraction of sp³-hybridized carbons (Fsp3) is 0.622. The Labute approximate surface area is 241 Å². The van der Waals surface area contributed by atoms with Crippen molar-refractivity contribution in [2.75, 3.05) is 0 Å². The van der Waals surface area contributed by atoms with Crippen LogP contribution in [0.5, 0.6) is 0 Å². The van der Waals surface area contributed by atoms with E-state index in [2.05, 4.69) is 71.0 Å². The Morgan fingerprint density at radius 3 is 1.90 bits per heavy atom. The summed E-state index contributed by atoms with van der Waals surface area (Å²) in [7, 11) is 0. The lowest BCUT2D eigenvalue weighted by atomic mass is 9.90. The molecule has 2 rings (SSSR count). The molecule has 0 aliphatic heterocycles. The number of aryl methyl sites for hydroxylation is 3. The molecule has 0 aliphatic rings. The lowest BCUT2D eigenvalue weighted by Crippen LogP contribution is -2.02. The molecular weight excluding hydrogens is 472 g/mol. The zero-order valence-electron chi connectivity index (χ0n) is 26.2. The Morgan fingerprint density at radius 1 is 0.615 bits per heavy atom. The SMILES string of the molecule is CCCCCCCCc1c(CC)cc(N=C(C)C=Nc2cccc(CCCCCC)c2)cc1CCCCCC. The highest BCUT2D eigenvalue weighted by Crippen LogP contribution is 2.28. The van der Waals surface area contributed by atoms with Crippen molar-refractivity contribution in [3.8, 4) is 0 Å². The zero-order chi connectivity index (χ0) is 28.1. The summed E-state index contributed by atoms with van der Waals surface area (Å²) < 4.78 is 0. The van der Waals surface area contributed by atoms with E-state index in [9.17, 15) is 0 Å². The van der Waals surface area contributed by atoms with E-state index in [1.807, 2.05) is 6.21 Å². The highest BCUT2D eigenvalue weighted by molar-refractivity contribution is 6.30. The Morgan fingerprint density at radius 2 is 1.21 bits per heavy atom. The van der Waals surface area contributed by atoms with Gasteiger partial charge in [0.1, 0.15) is 0 Å². The third kappa shape index (κ3) is 13.6. The number of nitrogens with zero attached hydrogens (tertiary/aromatic N) is 2. The molecule has 2 aromatic rings. The molecule has 2 nitrogen and oxygen atoms in total. The molecule has 0 saturated heterocycles. The lowest BCUT2D eigenvalue weighted by Gasteiger charge is -2.16. The largest absolute Gasteiger partial charge is 0.255 e. The smallest absolute Gasteiger partial charge is 0.0639 e. The second kappa shape index (κ2) is 20.7. The predicted octanol–water partition coefficient (Wildman–Crippen LogP) is 11.9. The van der Waals surface area contributed by atoms with Crippen molar-refractivity contribution in [2.24, 2.45) is 9.98 Å². The summed E-state index contributed by atoms with van der Waals surface area (Å²) in [5.41, 5.74) is 9.12. The van der Waals surface area contributed by atoms with Crippen LogP contribution in [0.15, 0.2) is 46.4 Å². The molecule has 0 aromatic heterocycles. The Hall–Kier alpha value is -2.22. The molecule has 0 spiro atoms. The molecule has 0 fully saturated rings. The summed E-state index contributed by atoms with van der Waals surface area (Å²) in [6.45, 7) is 11.2. The Balaban J connectivity index is 2.14. The first-order valence-corrected chi connectivity index (χ1v) is 16.4. The van der Waals surface area contributed by atoms with Crippen LogP contribution in [0.3, 0.4) is 0 Å². The van der Waals surface area contributed by atoms with Gasteiger partial charge < -0.3 is 0 Å². The fourth-order valence-electron chi connectivity index (χ4n) is 5.48. The van der Waals surface area contributed by atoms with Gasteiger partial charge in [-0.05, 0) is 98.4 Å². The van der Waals surface area contributed by atoms with Crippen LogP contribution in [0.25, 0.3) is 0 Å². The van der Waals surface area contributed by atoms with Crippen LogP contribution >= 0.6 is 0 Å². The van der Waals surface area contributed by atoms with Crippen LogP contribution in [0.4, 0.5) is 11.4 Å². The van der Waals surface area contributed by atoms with Gasteiger partial charge in [-0.1, -0.05) is 110 Å². The van der Waals surface area contributed by atoms with E-state index in [1.165, 1.54) is 114 Å². The van der Waals surface area contributed by atoms with Gasteiger partial charge in [-0.3, -0.25) is 9.98 Å². The van der Waals surface area contributed by atoms with E-state index < -0.39 is 0 Å². The highest BCUT2D eigenvalue weighted by Gasteiger charge is 2.11. The standard InChI is InChI=1S/C37H58N2/c1-6-10-13-16-17-20-26-37-33(9-4)28-36(29-34(37)24-19-15-12-8-3)39-31(5)30-38-35-25-21-23-32(27-35)22-18-14-11-7-2/h21,23,25,27-30H,6-20,22,24,26H2,1-5H3. The average molecular weight is 531 g/mol. The van der Waals surface area contributed by atoms with E-state index in [1.54, 1.807) is 11.1 Å². The minimum absolute atomic E-state index is 0.964. The second-order valence-electron chi connectivity index (χ2n) is 11.4. The zero-order valence-corrected chi connectivity index (χ0v) is 26.2. The van der Waals surface area contributed by atoms with Crippen molar-refractivity contribution in [1.82, 2.24) is 0 Å². The van der Waals surface area contributed by atoms with Gasteiger partial charge in [-0.25, -0.2) is 0 Å². The van der Waals surface area contributed by atoms with E-state index in [4.69, 9.17) is 9.98 Å². The van der Waals surface area contributed by atoms with Crippen LogP contribution in [0.2, 0.25) is 0 Å². The van der Waals surface area contributed by atoms with E-state index in [-0.39, 0.29) is 0 Å². The van der Waals surface area contributed by atoms with Crippen molar-refractivity contribution in [1.29, 1.82) is 0 Å². The molecule has 2 heteroatoms. The van der Waals surface area contributed by atoms with Gasteiger partial charge in [0.25, 0.3) is 0 Å². The van der Waals surface area contributed by atoms with Gasteiger partial charge in [-0.2, -0.15) is 0 Å². The third-order valence-corrected chi connectivity index (χ3v) is 7.82. The van der Waals surface area contributed by atoms with Crippen molar-refractivity contribution < 1.29 is 0 Å². The number of aliphatic imine (C=N–C) groups is 2. The van der Waals surface area contributed by atoms with Gasteiger partial charge in [0.15, 0.2) is 0 Å². The van der Waals surface area contributed by atoms with Crippen LogP contribution in [-0.4, -0.2) is 11.9 Å². The molecule has 2 aromatic carbocycles. The Kier molecular flexibility index (Phi) is 17.5. The minimum Gasteiger partial charge on any atom is -0.255 e. The van der Waals surface area contributed by atoms with Crippen LogP contribution in [0, 0.1) is 0 Å². The maximum Gasteiger partial charge on any atom is 0.0639 e. The van der Waals surface area contributed by atoms with Gasteiger partial charge in [0, 0.05) is 6.21 Å². The second-order valence-corrected chi connectivity index (χ2v) is 11.4.